The van der Waals surface area contributed by atoms with Gasteiger partial charge in [0.2, 0.25) is 0 Å². The number of ether oxygens (including phenoxy) is 3. The molecule has 6 heteroatoms. The molecule has 0 aliphatic heterocycles. The lowest BCUT2D eigenvalue weighted by Gasteiger charge is -2.18. The molecule has 0 heterocycles. The fraction of sp³-hybridized carbons (Fsp3) is 0.761. The van der Waals surface area contributed by atoms with Crippen molar-refractivity contribution in [2.45, 2.75) is 335 Å². The quantitative estimate of drug-likeness (QED) is 0.0261. The summed E-state index contributed by atoms with van der Waals surface area (Å²) >= 11 is 0. The first-order chi connectivity index (χ1) is 38.0. The Labute approximate surface area is 477 Å². The van der Waals surface area contributed by atoms with Gasteiger partial charge in [0.15, 0.2) is 6.10 Å². The first-order valence-electron chi connectivity index (χ1n) is 33.1. The van der Waals surface area contributed by atoms with Gasteiger partial charge in [0.1, 0.15) is 13.2 Å². The summed E-state index contributed by atoms with van der Waals surface area (Å²) in [5, 5.41) is 0. The van der Waals surface area contributed by atoms with Gasteiger partial charge in [-0.15, -0.1) is 0 Å². The number of hydrogen-bond donors (Lipinski definition) is 0. The van der Waals surface area contributed by atoms with Crippen molar-refractivity contribution in [1.29, 1.82) is 0 Å². The predicted molar refractivity (Wildman–Crippen MR) is 334 cm³/mol. The van der Waals surface area contributed by atoms with Crippen LogP contribution in [0.25, 0.3) is 0 Å². The molecule has 0 fully saturated rings. The first-order valence-corrected chi connectivity index (χ1v) is 33.1. The van der Waals surface area contributed by atoms with Crippen LogP contribution < -0.4 is 0 Å². The number of rotatable bonds is 60. The van der Waals surface area contributed by atoms with Crippen LogP contribution in [0.1, 0.15) is 329 Å². The summed E-state index contributed by atoms with van der Waals surface area (Å²) in [5.74, 6) is -0.868. The van der Waals surface area contributed by atoms with Gasteiger partial charge >= 0.3 is 17.9 Å². The van der Waals surface area contributed by atoms with Crippen molar-refractivity contribution in [3.8, 4) is 0 Å². The number of esters is 3. The maximum atomic E-state index is 12.9. The molecule has 444 valence electrons. The smallest absolute Gasteiger partial charge is 0.306 e. The number of carbonyl (C=O) groups excluding carboxylic acids is 3. The van der Waals surface area contributed by atoms with Crippen molar-refractivity contribution in [3.63, 3.8) is 0 Å². The summed E-state index contributed by atoms with van der Waals surface area (Å²) in [7, 11) is 0. The molecule has 1 atom stereocenters. The van der Waals surface area contributed by atoms with Gasteiger partial charge in [0.05, 0.1) is 0 Å². The Balaban J connectivity index is 4.30. The van der Waals surface area contributed by atoms with Gasteiger partial charge in [-0.2, -0.15) is 0 Å². The molecule has 0 bridgehead atoms. The molecule has 0 amide bonds. The molecule has 0 aromatic rings. The first kappa shape index (κ1) is 73.6. The summed E-state index contributed by atoms with van der Waals surface area (Å²) in [5.41, 5.74) is 0. The van der Waals surface area contributed by atoms with E-state index in [1.807, 2.05) is 0 Å². The molecule has 1 unspecified atom stereocenters. The van der Waals surface area contributed by atoms with Gasteiger partial charge in [0.25, 0.3) is 0 Å². The molecule has 0 saturated heterocycles. The van der Waals surface area contributed by atoms with Gasteiger partial charge in [-0.1, -0.05) is 318 Å². The second-order valence-electron chi connectivity index (χ2n) is 22.0. The molecular weight excluding hydrogens is 949 g/mol. The summed E-state index contributed by atoms with van der Waals surface area (Å²) in [6.45, 7) is 6.56. The highest BCUT2D eigenvalue weighted by atomic mass is 16.6. The Kier molecular flexibility index (Phi) is 62.2. The Morgan fingerprint density at radius 3 is 0.792 bits per heavy atom. The normalized spacial score (nSPS) is 12.6. The van der Waals surface area contributed by atoms with E-state index in [-0.39, 0.29) is 31.1 Å². The molecule has 0 aliphatic carbocycles. The molecule has 0 radical (unpaired) electrons. The minimum atomic E-state index is -0.778. The summed E-state index contributed by atoms with van der Waals surface area (Å²) < 4.78 is 16.9. The van der Waals surface area contributed by atoms with E-state index < -0.39 is 6.10 Å². The third-order valence-corrected chi connectivity index (χ3v) is 14.4. The molecule has 0 rings (SSSR count). The lowest BCUT2D eigenvalue weighted by atomic mass is 10.0. The van der Waals surface area contributed by atoms with Crippen molar-refractivity contribution in [2.75, 3.05) is 13.2 Å². The van der Waals surface area contributed by atoms with Crippen LogP contribution in [0.4, 0.5) is 0 Å². The molecule has 0 aliphatic rings. The van der Waals surface area contributed by atoms with Crippen LogP contribution >= 0.6 is 0 Å². The lowest BCUT2D eigenvalue weighted by molar-refractivity contribution is -0.167. The van der Waals surface area contributed by atoms with E-state index in [1.165, 1.54) is 180 Å². The highest BCUT2D eigenvalue weighted by molar-refractivity contribution is 5.71. The molecule has 0 N–H and O–H groups in total. The summed E-state index contributed by atoms with van der Waals surface area (Å²) in [6, 6.07) is 0. The van der Waals surface area contributed by atoms with Crippen LogP contribution in [0, 0.1) is 0 Å². The van der Waals surface area contributed by atoms with E-state index in [4.69, 9.17) is 14.2 Å². The van der Waals surface area contributed by atoms with E-state index in [2.05, 4.69) is 106 Å². The molecule has 0 aromatic heterocycles. The molecule has 0 aromatic carbocycles. The third kappa shape index (κ3) is 63.3. The van der Waals surface area contributed by atoms with E-state index in [9.17, 15) is 14.4 Å². The maximum Gasteiger partial charge on any atom is 0.306 e. The van der Waals surface area contributed by atoms with Crippen LogP contribution in [0.3, 0.4) is 0 Å². The largest absolute Gasteiger partial charge is 0.462 e. The zero-order valence-electron chi connectivity index (χ0n) is 51.0. The Morgan fingerprint density at radius 2 is 0.506 bits per heavy atom. The van der Waals surface area contributed by atoms with Crippen molar-refractivity contribution < 1.29 is 28.6 Å². The molecule has 6 nitrogen and oxygen atoms in total. The van der Waals surface area contributed by atoms with Crippen molar-refractivity contribution >= 4 is 17.9 Å². The second kappa shape index (κ2) is 65.1. The monoisotopic (exact) mass is 1070 g/mol. The highest BCUT2D eigenvalue weighted by Gasteiger charge is 2.19. The maximum absolute atomic E-state index is 12.9. The lowest BCUT2D eigenvalue weighted by Crippen LogP contribution is -2.30. The predicted octanol–water partition coefficient (Wildman–Crippen LogP) is 22.7. The zero-order valence-corrected chi connectivity index (χ0v) is 51.0. The van der Waals surface area contributed by atoms with Crippen molar-refractivity contribution in [1.82, 2.24) is 0 Å². The number of hydrogen-bond acceptors (Lipinski definition) is 6. The zero-order chi connectivity index (χ0) is 55.7. The fourth-order valence-corrected chi connectivity index (χ4v) is 9.48. The van der Waals surface area contributed by atoms with Gasteiger partial charge in [-0.3, -0.25) is 14.4 Å². The van der Waals surface area contributed by atoms with Gasteiger partial charge in [0, 0.05) is 19.3 Å². The van der Waals surface area contributed by atoms with Crippen molar-refractivity contribution in [3.05, 3.63) is 85.1 Å². The number of unbranched alkanes of at least 4 members (excludes halogenated alkanes) is 35. The second-order valence-corrected chi connectivity index (χ2v) is 22.0. The van der Waals surface area contributed by atoms with Crippen LogP contribution in [-0.2, 0) is 28.6 Å². The van der Waals surface area contributed by atoms with E-state index in [0.29, 0.717) is 19.3 Å². The van der Waals surface area contributed by atoms with Gasteiger partial charge in [-0.25, -0.2) is 0 Å². The van der Waals surface area contributed by atoms with Crippen LogP contribution in [-0.4, -0.2) is 37.2 Å². The van der Waals surface area contributed by atoms with E-state index in [1.54, 1.807) is 0 Å². The van der Waals surface area contributed by atoms with E-state index >= 15 is 0 Å². The topological polar surface area (TPSA) is 78.9 Å². The van der Waals surface area contributed by atoms with Gasteiger partial charge in [-0.05, 0) is 77.0 Å². The number of carbonyl (C=O) groups is 3. The van der Waals surface area contributed by atoms with Crippen LogP contribution in [0.15, 0.2) is 85.1 Å². The van der Waals surface area contributed by atoms with Crippen molar-refractivity contribution in [2.24, 2.45) is 0 Å². The number of allylic oxidation sites excluding steroid dienone is 14. The minimum Gasteiger partial charge on any atom is -0.462 e. The highest BCUT2D eigenvalue weighted by Crippen LogP contribution is 2.17. The minimum absolute atomic E-state index is 0.0747. The van der Waals surface area contributed by atoms with Crippen LogP contribution in [0.5, 0.6) is 0 Å². The molecule has 77 heavy (non-hydrogen) atoms. The molecule has 0 saturated carbocycles. The molecule has 0 spiro atoms. The Hall–Kier alpha value is -3.41. The standard InChI is InChI=1S/C71H124O6/c1-4-7-10-13-16-19-22-25-28-29-30-31-32-33-34-35-36-37-38-39-40-41-44-46-49-52-55-58-61-64-70(73)76-67-68(77-71(74)65-62-59-56-53-50-47-43-27-24-21-18-15-12-9-6-3)66-75-69(72)63-60-57-54-51-48-45-42-26-23-20-17-14-11-8-5-2/h7,10,16,19,25,28,30-31,33-34,36-37,39-40,68H,4-6,8-9,11-15,17-18,20-24,26-27,29,32,35,38,41-67H2,1-3H3/b10-7-,19-16-,28-25-,31-30-,34-33-,37-36-,40-39-. The fourth-order valence-electron chi connectivity index (χ4n) is 9.48. The SMILES string of the molecule is CC/C=C\C/C=C\C/C=C\C/C=C\C/C=C\C/C=C\C/C=C\CCCCCCCCCC(=O)OCC(COC(=O)CCCCCCCCCCCCCCCCC)OC(=O)CCCCCCCCCCCCCCCCC. The van der Waals surface area contributed by atoms with Crippen LogP contribution in [0.2, 0.25) is 0 Å². The average molecular weight is 1070 g/mol. The summed E-state index contributed by atoms with van der Waals surface area (Å²) in [4.78, 5) is 38.3. The Bertz CT molecular complexity index is 1470. The molecular formula is C71H124O6. The van der Waals surface area contributed by atoms with Gasteiger partial charge < -0.3 is 14.2 Å². The Morgan fingerprint density at radius 1 is 0.273 bits per heavy atom. The average Bonchev–Trinajstić information content (AvgIpc) is 3.43. The third-order valence-electron chi connectivity index (χ3n) is 14.4. The van der Waals surface area contributed by atoms with E-state index in [0.717, 1.165) is 109 Å². The summed E-state index contributed by atoms with van der Waals surface area (Å²) in [6.07, 6.45) is 85.9.